The van der Waals surface area contributed by atoms with Crippen LogP contribution in [0.25, 0.3) is 11.0 Å². The number of rotatable bonds is 9. The fourth-order valence-electron chi connectivity index (χ4n) is 4.87. The number of anilines is 2. The van der Waals surface area contributed by atoms with Crippen molar-refractivity contribution in [1.29, 1.82) is 0 Å². The Morgan fingerprint density at radius 2 is 1.82 bits per heavy atom. The number of hydrogen-bond acceptors (Lipinski definition) is 6. The average molecular weight is 512 g/mol. The first-order valence-electron chi connectivity index (χ1n) is 13.0. The van der Waals surface area contributed by atoms with Crippen LogP contribution in [0.2, 0.25) is 0 Å². The van der Waals surface area contributed by atoms with E-state index in [1.807, 2.05) is 52.4 Å². The quantitative estimate of drug-likeness (QED) is 0.358. The predicted octanol–water partition coefficient (Wildman–Crippen LogP) is 3.23. The molecule has 0 atom stereocenters. The van der Waals surface area contributed by atoms with E-state index in [9.17, 15) is 9.59 Å². The van der Waals surface area contributed by atoms with Crippen LogP contribution in [0.5, 0.6) is 0 Å². The molecule has 0 aliphatic carbocycles. The smallest absolute Gasteiger partial charge is 0.254 e. The van der Waals surface area contributed by atoms with Crippen LogP contribution in [-0.2, 0) is 11.2 Å². The number of nitrogens with one attached hydrogen (secondary N) is 2. The van der Waals surface area contributed by atoms with Crippen molar-refractivity contribution in [2.24, 2.45) is 0 Å². The number of H-pyrrole nitrogens is 1. The number of piperazine rings is 1. The Kier molecular flexibility index (Phi) is 7.94. The van der Waals surface area contributed by atoms with Crippen molar-refractivity contribution in [3.8, 4) is 0 Å². The van der Waals surface area contributed by atoms with E-state index >= 15 is 0 Å². The Morgan fingerprint density at radius 3 is 2.61 bits per heavy atom. The maximum absolute atomic E-state index is 13.5. The summed E-state index contributed by atoms with van der Waals surface area (Å²) in [6.07, 6.45) is 4.36. The van der Waals surface area contributed by atoms with E-state index in [2.05, 4.69) is 49.4 Å². The second-order valence-corrected chi connectivity index (χ2v) is 9.49. The molecular weight excluding hydrogens is 478 g/mol. The van der Waals surface area contributed by atoms with Crippen molar-refractivity contribution in [2.75, 3.05) is 50.7 Å². The minimum atomic E-state index is -0.0914. The van der Waals surface area contributed by atoms with Crippen LogP contribution in [0.4, 0.5) is 11.5 Å². The van der Waals surface area contributed by atoms with Gasteiger partial charge in [-0.3, -0.25) is 14.5 Å². The van der Waals surface area contributed by atoms with Crippen LogP contribution >= 0.6 is 0 Å². The first-order chi connectivity index (χ1) is 18.6. The summed E-state index contributed by atoms with van der Waals surface area (Å²) in [4.78, 5) is 43.3. The van der Waals surface area contributed by atoms with Crippen molar-refractivity contribution < 1.29 is 9.59 Å². The van der Waals surface area contributed by atoms with Gasteiger partial charge >= 0.3 is 0 Å². The Balaban J connectivity index is 1.28. The maximum Gasteiger partial charge on any atom is 0.254 e. The van der Waals surface area contributed by atoms with Gasteiger partial charge in [-0.05, 0) is 36.2 Å². The zero-order valence-corrected chi connectivity index (χ0v) is 21.6. The van der Waals surface area contributed by atoms with Gasteiger partial charge in [0.2, 0.25) is 5.91 Å². The molecule has 2 N–H and O–H groups in total. The lowest BCUT2D eigenvalue weighted by molar-refractivity contribution is -0.118. The third-order valence-corrected chi connectivity index (χ3v) is 6.92. The average Bonchev–Trinajstić information content (AvgIpc) is 3.44. The Hall–Kier alpha value is -4.24. The summed E-state index contributed by atoms with van der Waals surface area (Å²) in [7, 11) is 0. The van der Waals surface area contributed by atoms with Gasteiger partial charge in [0.25, 0.3) is 5.91 Å². The summed E-state index contributed by atoms with van der Waals surface area (Å²) in [5, 5.41) is 3.73. The Labute approximate surface area is 222 Å². The monoisotopic (exact) mass is 511 g/mol. The van der Waals surface area contributed by atoms with Crippen molar-refractivity contribution in [3.63, 3.8) is 0 Å². The van der Waals surface area contributed by atoms with Gasteiger partial charge in [0.15, 0.2) is 0 Å². The molecule has 0 spiro atoms. The molecule has 9 nitrogen and oxygen atoms in total. The molecule has 2 aromatic heterocycles. The Morgan fingerprint density at radius 1 is 1.00 bits per heavy atom. The number of fused-ring (bicyclic) bond motifs is 1. The van der Waals surface area contributed by atoms with Crippen molar-refractivity contribution in [3.05, 3.63) is 84.3 Å². The lowest BCUT2D eigenvalue weighted by atomic mass is 10.1. The zero-order chi connectivity index (χ0) is 26.3. The molecule has 0 unspecified atom stereocenters. The van der Waals surface area contributed by atoms with Crippen molar-refractivity contribution in [2.45, 2.75) is 13.3 Å². The van der Waals surface area contributed by atoms with E-state index in [1.165, 1.54) is 18.8 Å². The molecule has 196 valence electrons. The highest BCUT2D eigenvalue weighted by atomic mass is 16.2. The van der Waals surface area contributed by atoms with Gasteiger partial charge in [-0.2, -0.15) is 0 Å². The first kappa shape index (κ1) is 25.4. The molecule has 1 fully saturated rings. The van der Waals surface area contributed by atoms with Crippen LogP contribution in [0.1, 0.15) is 22.8 Å². The summed E-state index contributed by atoms with van der Waals surface area (Å²) in [5.74, 6) is 0.662. The summed E-state index contributed by atoms with van der Waals surface area (Å²) in [5.41, 5.74) is 3.55. The lowest BCUT2D eigenvalue weighted by Gasteiger charge is -2.35. The summed E-state index contributed by atoms with van der Waals surface area (Å²) in [6.45, 7) is 6.58. The molecule has 3 heterocycles. The minimum absolute atomic E-state index is 0.0332. The first-order valence-corrected chi connectivity index (χ1v) is 13.0. The third-order valence-electron chi connectivity index (χ3n) is 6.92. The van der Waals surface area contributed by atoms with Gasteiger partial charge in [0.1, 0.15) is 17.8 Å². The molecule has 1 aliphatic rings. The number of aromatic amines is 1. The number of nitrogens with zero attached hydrogens (tertiary/aromatic N) is 5. The van der Waals surface area contributed by atoms with Crippen LogP contribution in [0.3, 0.4) is 0 Å². The molecule has 38 heavy (non-hydrogen) atoms. The number of amides is 2. The van der Waals surface area contributed by atoms with E-state index < -0.39 is 0 Å². The highest BCUT2D eigenvalue weighted by Gasteiger charge is 2.23. The fourth-order valence-corrected chi connectivity index (χ4v) is 4.87. The standard InChI is InChI=1S/C29H33N7O2/c1-22(37)30-13-15-36(28-26-10-12-31-27(26)32-21-33-28)25-9-5-8-24(20-25)29(38)35-18-16-34(17-19-35)14-11-23-6-3-2-4-7-23/h2-10,12,20-21H,11,13-19H2,1H3,(H,30,37)(H,31,32,33). The van der Waals surface area contributed by atoms with E-state index in [4.69, 9.17) is 0 Å². The molecule has 1 saturated heterocycles. The molecule has 0 radical (unpaired) electrons. The van der Waals surface area contributed by atoms with Crippen LogP contribution in [0, 0.1) is 0 Å². The largest absolute Gasteiger partial charge is 0.355 e. The minimum Gasteiger partial charge on any atom is -0.355 e. The molecule has 9 heteroatoms. The van der Waals surface area contributed by atoms with Crippen LogP contribution in [0.15, 0.2) is 73.2 Å². The second-order valence-electron chi connectivity index (χ2n) is 9.49. The zero-order valence-electron chi connectivity index (χ0n) is 21.6. The normalized spacial score (nSPS) is 14.0. The molecule has 0 saturated carbocycles. The van der Waals surface area contributed by atoms with E-state index in [0.717, 1.165) is 48.6 Å². The van der Waals surface area contributed by atoms with E-state index in [0.29, 0.717) is 31.7 Å². The molecule has 0 bridgehead atoms. The number of aromatic nitrogens is 3. The summed E-state index contributed by atoms with van der Waals surface area (Å²) >= 11 is 0. The van der Waals surface area contributed by atoms with Crippen LogP contribution in [-0.4, -0.2) is 82.4 Å². The van der Waals surface area contributed by atoms with Gasteiger partial charge in [-0.1, -0.05) is 36.4 Å². The van der Waals surface area contributed by atoms with Gasteiger partial charge in [-0.15, -0.1) is 0 Å². The Bertz CT molecular complexity index is 1380. The highest BCUT2D eigenvalue weighted by molar-refractivity contribution is 5.96. The SMILES string of the molecule is CC(=O)NCCN(c1cccc(C(=O)N2CCN(CCc3ccccc3)CC2)c1)c1ncnc2[nH]ccc12. The van der Waals surface area contributed by atoms with Crippen LogP contribution < -0.4 is 10.2 Å². The molecule has 2 aromatic carbocycles. The predicted molar refractivity (Wildman–Crippen MR) is 149 cm³/mol. The second kappa shape index (κ2) is 11.9. The lowest BCUT2D eigenvalue weighted by Crippen LogP contribution is -2.49. The fraction of sp³-hybridized carbons (Fsp3) is 0.310. The van der Waals surface area contributed by atoms with Crippen molar-refractivity contribution >= 4 is 34.4 Å². The maximum atomic E-state index is 13.5. The van der Waals surface area contributed by atoms with E-state index in [-0.39, 0.29) is 11.8 Å². The molecule has 5 rings (SSSR count). The van der Waals surface area contributed by atoms with E-state index in [1.54, 1.807) is 0 Å². The molecule has 1 aliphatic heterocycles. The number of carbonyl (C=O) groups is 2. The number of benzene rings is 2. The number of hydrogen-bond donors (Lipinski definition) is 2. The third kappa shape index (κ3) is 6.00. The highest BCUT2D eigenvalue weighted by Crippen LogP contribution is 2.29. The van der Waals surface area contributed by atoms with Gasteiger partial charge < -0.3 is 20.1 Å². The molecular formula is C29H33N7O2. The summed E-state index contributed by atoms with van der Waals surface area (Å²) < 4.78 is 0. The molecule has 4 aromatic rings. The number of carbonyl (C=O) groups excluding carboxylic acids is 2. The van der Waals surface area contributed by atoms with Gasteiger partial charge in [0.05, 0.1) is 5.39 Å². The summed E-state index contributed by atoms with van der Waals surface area (Å²) in [6, 6.07) is 20.1. The van der Waals surface area contributed by atoms with Gasteiger partial charge in [-0.25, -0.2) is 9.97 Å². The van der Waals surface area contributed by atoms with Gasteiger partial charge in [0, 0.05) is 70.2 Å². The van der Waals surface area contributed by atoms with Crippen molar-refractivity contribution in [1.82, 2.24) is 30.1 Å². The molecule has 2 amide bonds. The topological polar surface area (TPSA) is 97.5 Å².